The number of thiophene rings is 2. The van der Waals surface area contributed by atoms with E-state index in [4.69, 9.17) is 0 Å². The Morgan fingerprint density at radius 2 is 2.15 bits per heavy atom. The average molecular weight is 384 g/mol. The molecule has 3 aromatic rings. The first-order chi connectivity index (χ1) is 12.8. The van der Waals surface area contributed by atoms with Gasteiger partial charge in [-0.3, -0.25) is 4.79 Å². The number of nitrogens with zero attached hydrogens (tertiary/aromatic N) is 3. The molecule has 0 bridgehead atoms. The fourth-order valence-electron chi connectivity index (χ4n) is 2.66. The molecular formula is C18H17N5OS2. The van der Waals surface area contributed by atoms with Crippen molar-refractivity contribution in [1.82, 2.24) is 20.2 Å². The van der Waals surface area contributed by atoms with Crippen molar-refractivity contribution in [3.63, 3.8) is 0 Å². The summed E-state index contributed by atoms with van der Waals surface area (Å²) in [6.07, 6.45) is 6.01. The van der Waals surface area contributed by atoms with Crippen LogP contribution in [0.4, 0.5) is 5.95 Å². The van der Waals surface area contributed by atoms with Crippen molar-refractivity contribution >= 4 is 34.9 Å². The summed E-state index contributed by atoms with van der Waals surface area (Å²) in [5.41, 5.74) is 0.906. The number of hydrogen-bond acceptors (Lipinski definition) is 8. The molecule has 2 N–H and O–H groups in total. The summed E-state index contributed by atoms with van der Waals surface area (Å²) >= 11 is 3.47. The number of carbonyl (C=O) groups excluding carboxylic acids is 1. The van der Waals surface area contributed by atoms with Crippen LogP contribution in [0.5, 0.6) is 0 Å². The summed E-state index contributed by atoms with van der Waals surface area (Å²) in [6.45, 7) is 1.33. The number of aromatic nitrogens is 2. The van der Waals surface area contributed by atoms with Gasteiger partial charge in [0.1, 0.15) is 0 Å². The van der Waals surface area contributed by atoms with E-state index in [0.29, 0.717) is 19.0 Å². The highest BCUT2D eigenvalue weighted by Crippen LogP contribution is 2.35. The molecule has 1 unspecified atom stereocenters. The molecule has 0 saturated heterocycles. The van der Waals surface area contributed by atoms with Crippen LogP contribution in [0.1, 0.15) is 0 Å². The van der Waals surface area contributed by atoms with Gasteiger partial charge in [-0.15, -0.1) is 22.7 Å². The van der Waals surface area contributed by atoms with Crippen LogP contribution in [0.3, 0.4) is 0 Å². The minimum Gasteiger partial charge on any atom is -0.364 e. The van der Waals surface area contributed by atoms with Gasteiger partial charge in [0, 0.05) is 41.4 Å². The Balaban J connectivity index is 1.40. The van der Waals surface area contributed by atoms with E-state index in [1.54, 1.807) is 35.1 Å². The third-order valence-electron chi connectivity index (χ3n) is 3.95. The molecule has 132 valence electrons. The zero-order valence-electron chi connectivity index (χ0n) is 13.8. The van der Waals surface area contributed by atoms with Gasteiger partial charge in [-0.25, -0.2) is 9.97 Å². The Morgan fingerprint density at radius 3 is 3.00 bits per heavy atom. The van der Waals surface area contributed by atoms with E-state index in [1.165, 1.54) is 9.75 Å². The van der Waals surface area contributed by atoms with Crippen molar-refractivity contribution < 1.29 is 4.79 Å². The lowest BCUT2D eigenvalue weighted by Crippen LogP contribution is -2.39. The van der Waals surface area contributed by atoms with E-state index < -0.39 is 0 Å². The van der Waals surface area contributed by atoms with Gasteiger partial charge in [0.25, 0.3) is 0 Å². The lowest BCUT2D eigenvalue weighted by atomic mass is 10.3. The van der Waals surface area contributed by atoms with Crippen LogP contribution in [-0.2, 0) is 4.79 Å². The molecule has 4 rings (SSSR count). The van der Waals surface area contributed by atoms with Gasteiger partial charge >= 0.3 is 0 Å². The number of aldehydes is 1. The van der Waals surface area contributed by atoms with E-state index in [-0.39, 0.29) is 6.17 Å². The molecule has 0 fully saturated rings. The SMILES string of the molecule is O=CC1NC=CN1CCNc1nccc(-c2ccc(-c3cccs3)s2)n1. The van der Waals surface area contributed by atoms with Gasteiger partial charge in [-0.1, -0.05) is 6.07 Å². The number of carbonyl (C=O) groups is 1. The molecule has 0 aromatic carbocycles. The molecule has 8 heteroatoms. The highest BCUT2D eigenvalue weighted by molar-refractivity contribution is 7.23. The number of nitrogens with one attached hydrogen (secondary N) is 2. The number of rotatable bonds is 7. The molecular weight excluding hydrogens is 366 g/mol. The lowest BCUT2D eigenvalue weighted by Gasteiger charge is -2.20. The molecule has 0 aliphatic carbocycles. The van der Waals surface area contributed by atoms with Gasteiger partial charge in [-0.05, 0) is 29.6 Å². The number of anilines is 1. The molecule has 6 nitrogen and oxygen atoms in total. The van der Waals surface area contributed by atoms with E-state index in [9.17, 15) is 4.79 Å². The van der Waals surface area contributed by atoms with Crippen LogP contribution in [0, 0.1) is 0 Å². The summed E-state index contributed by atoms with van der Waals surface area (Å²) in [5.74, 6) is 0.590. The van der Waals surface area contributed by atoms with E-state index in [1.807, 2.05) is 17.2 Å². The minimum absolute atomic E-state index is 0.286. The van der Waals surface area contributed by atoms with Gasteiger partial charge in [-0.2, -0.15) is 0 Å². The third-order valence-corrected chi connectivity index (χ3v) is 6.12. The zero-order chi connectivity index (χ0) is 17.8. The summed E-state index contributed by atoms with van der Waals surface area (Å²) in [4.78, 5) is 25.4. The summed E-state index contributed by atoms with van der Waals surface area (Å²) in [6, 6.07) is 10.3. The molecule has 1 aliphatic rings. The second-order valence-electron chi connectivity index (χ2n) is 5.63. The Bertz CT molecular complexity index is 906. The molecule has 1 atom stereocenters. The van der Waals surface area contributed by atoms with Crippen molar-refractivity contribution in [1.29, 1.82) is 0 Å². The molecule has 4 heterocycles. The monoisotopic (exact) mass is 383 g/mol. The van der Waals surface area contributed by atoms with Crippen molar-refractivity contribution in [2.24, 2.45) is 0 Å². The smallest absolute Gasteiger partial charge is 0.223 e. The largest absolute Gasteiger partial charge is 0.364 e. The van der Waals surface area contributed by atoms with E-state index in [2.05, 4.69) is 50.2 Å². The Labute approximate surface area is 159 Å². The highest BCUT2D eigenvalue weighted by atomic mass is 32.1. The molecule has 0 saturated carbocycles. The highest BCUT2D eigenvalue weighted by Gasteiger charge is 2.16. The summed E-state index contributed by atoms with van der Waals surface area (Å²) in [5, 5.41) is 8.28. The van der Waals surface area contributed by atoms with Gasteiger partial charge in [0.05, 0.1) is 10.6 Å². The first-order valence-corrected chi connectivity index (χ1v) is 9.88. The van der Waals surface area contributed by atoms with E-state index >= 15 is 0 Å². The van der Waals surface area contributed by atoms with Crippen molar-refractivity contribution in [2.45, 2.75) is 6.17 Å². The quantitative estimate of drug-likeness (QED) is 0.611. The fourth-order valence-corrected chi connectivity index (χ4v) is 4.47. The first kappa shape index (κ1) is 16.7. The Morgan fingerprint density at radius 1 is 1.23 bits per heavy atom. The van der Waals surface area contributed by atoms with Crippen LogP contribution < -0.4 is 10.6 Å². The van der Waals surface area contributed by atoms with Crippen LogP contribution >= 0.6 is 22.7 Å². The van der Waals surface area contributed by atoms with Gasteiger partial charge < -0.3 is 15.5 Å². The summed E-state index contributed by atoms with van der Waals surface area (Å²) in [7, 11) is 0. The topological polar surface area (TPSA) is 70.2 Å². The van der Waals surface area contributed by atoms with Gasteiger partial charge in [0.15, 0.2) is 12.5 Å². The molecule has 0 amide bonds. The van der Waals surface area contributed by atoms with Crippen LogP contribution in [-0.4, -0.2) is 40.4 Å². The molecule has 1 aliphatic heterocycles. The fraction of sp³-hybridized carbons (Fsp3) is 0.167. The Hall–Kier alpha value is -2.71. The van der Waals surface area contributed by atoms with Crippen molar-refractivity contribution in [2.75, 3.05) is 18.4 Å². The number of hydrogen-bond donors (Lipinski definition) is 2. The predicted octanol–water partition coefficient (Wildman–Crippen LogP) is 3.25. The summed E-state index contributed by atoms with van der Waals surface area (Å²) < 4.78 is 0. The van der Waals surface area contributed by atoms with Crippen LogP contribution in [0.2, 0.25) is 0 Å². The second-order valence-corrected chi connectivity index (χ2v) is 7.67. The average Bonchev–Trinajstić information content (AvgIpc) is 3.42. The molecule has 0 spiro atoms. The zero-order valence-corrected chi connectivity index (χ0v) is 15.5. The maximum atomic E-state index is 11.0. The minimum atomic E-state index is -0.286. The first-order valence-electron chi connectivity index (χ1n) is 8.18. The standard InChI is InChI=1S/C18H17N5OS2/c24-12-17-19-7-9-23(17)10-8-21-18-20-6-5-13(22-18)14-3-4-16(26-14)15-2-1-11-25-15/h1-7,9,11-12,17,19H,8,10H2,(H,20,21,22). The van der Waals surface area contributed by atoms with Crippen molar-refractivity contribution in [3.05, 3.63) is 54.3 Å². The van der Waals surface area contributed by atoms with Crippen LogP contribution in [0.25, 0.3) is 20.3 Å². The maximum Gasteiger partial charge on any atom is 0.223 e. The molecule has 0 radical (unpaired) electrons. The molecule has 3 aromatic heterocycles. The maximum absolute atomic E-state index is 11.0. The van der Waals surface area contributed by atoms with Gasteiger partial charge in [0.2, 0.25) is 5.95 Å². The normalized spacial score (nSPS) is 15.8. The predicted molar refractivity (Wildman–Crippen MR) is 106 cm³/mol. The molecule has 26 heavy (non-hydrogen) atoms. The van der Waals surface area contributed by atoms with E-state index in [0.717, 1.165) is 16.9 Å². The Kier molecular flexibility index (Phi) is 4.94. The van der Waals surface area contributed by atoms with Crippen LogP contribution in [0.15, 0.2) is 54.3 Å². The lowest BCUT2D eigenvalue weighted by molar-refractivity contribution is -0.111. The third kappa shape index (κ3) is 3.61. The second kappa shape index (κ2) is 7.67. The van der Waals surface area contributed by atoms with Crippen molar-refractivity contribution in [3.8, 4) is 20.3 Å².